The quantitative estimate of drug-likeness (QED) is 0.527. The highest BCUT2D eigenvalue weighted by molar-refractivity contribution is 6.43. The third-order valence-corrected chi connectivity index (χ3v) is 3.35. The van der Waals surface area contributed by atoms with E-state index in [4.69, 9.17) is 28.9 Å². The van der Waals surface area contributed by atoms with Crippen LogP contribution in [0.2, 0.25) is 10.0 Å². The standard InChI is InChI=1S/C13H15Cl2N3O2/c1-3-8(4-2)17-18(13(20)12(16)19)9-5-6-10(14)11(15)7-9/h5-7H,3-4H2,1-2H3,(H2,16,19). The van der Waals surface area contributed by atoms with Gasteiger partial charge in [0.1, 0.15) is 0 Å². The van der Waals surface area contributed by atoms with Crippen molar-refractivity contribution in [1.82, 2.24) is 0 Å². The molecule has 5 nitrogen and oxygen atoms in total. The molecule has 2 amide bonds. The molecule has 7 heteroatoms. The molecule has 0 atom stereocenters. The number of halogens is 2. The van der Waals surface area contributed by atoms with Crippen LogP contribution in [0.15, 0.2) is 23.3 Å². The fourth-order valence-electron chi connectivity index (χ4n) is 1.47. The lowest BCUT2D eigenvalue weighted by molar-refractivity contribution is -0.135. The van der Waals surface area contributed by atoms with Crippen molar-refractivity contribution in [3.8, 4) is 0 Å². The maximum absolute atomic E-state index is 11.9. The zero-order valence-electron chi connectivity index (χ0n) is 11.2. The van der Waals surface area contributed by atoms with E-state index >= 15 is 0 Å². The minimum absolute atomic E-state index is 0.260. The Hall–Kier alpha value is -1.59. The van der Waals surface area contributed by atoms with Crippen LogP contribution in [-0.2, 0) is 9.59 Å². The van der Waals surface area contributed by atoms with Gasteiger partial charge in [0.15, 0.2) is 0 Å². The summed E-state index contributed by atoms with van der Waals surface area (Å²) in [6.45, 7) is 3.81. The van der Waals surface area contributed by atoms with Gasteiger partial charge < -0.3 is 5.73 Å². The van der Waals surface area contributed by atoms with E-state index in [1.54, 1.807) is 6.07 Å². The number of hydrogen-bond donors (Lipinski definition) is 1. The van der Waals surface area contributed by atoms with Crippen LogP contribution < -0.4 is 10.7 Å². The average molecular weight is 316 g/mol. The van der Waals surface area contributed by atoms with Gasteiger partial charge in [0.2, 0.25) is 0 Å². The highest BCUT2D eigenvalue weighted by Gasteiger charge is 2.21. The van der Waals surface area contributed by atoms with Gasteiger partial charge in [-0.2, -0.15) is 10.1 Å². The maximum atomic E-state index is 11.9. The molecule has 0 bridgehead atoms. The second kappa shape index (κ2) is 7.26. The fourth-order valence-corrected chi connectivity index (χ4v) is 1.77. The second-order valence-electron chi connectivity index (χ2n) is 3.95. The number of rotatable bonds is 4. The molecule has 108 valence electrons. The zero-order valence-corrected chi connectivity index (χ0v) is 12.7. The lowest BCUT2D eigenvalue weighted by Gasteiger charge is -2.17. The summed E-state index contributed by atoms with van der Waals surface area (Å²) >= 11 is 11.7. The minimum Gasteiger partial charge on any atom is -0.361 e. The molecule has 0 fully saturated rings. The smallest absolute Gasteiger partial charge is 0.336 e. The number of benzene rings is 1. The number of carbonyl (C=O) groups is 2. The molecule has 0 heterocycles. The van der Waals surface area contributed by atoms with Gasteiger partial charge in [0, 0.05) is 5.71 Å². The molecule has 1 aromatic carbocycles. The van der Waals surface area contributed by atoms with Crippen molar-refractivity contribution in [2.24, 2.45) is 10.8 Å². The average Bonchev–Trinajstić information content (AvgIpc) is 2.43. The Labute approximate surface area is 127 Å². The number of nitrogens with two attached hydrogens (primary N) is 1. The van der Waals surface area contributed by atoms with Crippen LogP contribution in [0, 0.1) is 0 Å². The van der Waals surface area contributed by atoms with E-state index in [1.165, 1.54) is 12.1 Å². The highest BCUT2D eigenvalue weighted by Crippen LogP contribution is 2.27. The highest BCUT2D eigenvalue weighted by atomic mass is 35.5. The Morgan fingerprint density at radius 3 is 2.25 bits per heavy atom. The predicted molar refractivity (Wildman–Crippen MR) is 81.2 cm³/mol. The van der Waals surface area contributed by atoms with E-state index in [2.05, 4.69) is 5.10 Å². The van der Waals surface area contributed by atoms with Gasteiger partial charge in [0.25, 0.3) is 0 Å². The second-order valence-corrected chi connectivity index (χ2v) is 4.77. The van der Waals surface area contributed by atoms with Crippen LogP contribution in [-0.4, -0.2) is 17.5 Å². The summed E-state index contributed by atoms with van der Waals surface area (Å²) in [5.74, 6) is -2.02. The van der Waals surface area contributed by atoms with Crippen molar-refractivity contribution in [1.29, 1.82) is 0 Å². The number of hydrogen-bond acceptors (Lipinski definition) is 3. The largest absolute Gasteiger partial charge is 0.361 e. The minimum atomic E-state index is -1.09. The van der Waals surface area contributed by atoms with Gasteiger partial charge in [-0.1, -0.05) is 37.0 Å². The summed E-state index contributed by atoms with van der Waals surface area (Å²) in [7, 11) is 0. The first-order valence-corrected chi connectivity index (χ1v) is 6.81. The van der Waals surface area contributed by atoms with Crippen LogP contribution >= 0.6 is 23.2 Å². The van der Waals surface area contributed by atoms with Crippen molar-refractivity contribution >= 4 is 46.4 Å². The molecule has 2 N–H and O–H groups in total. The molecule has 0 spiro atoms. The topological polar surface area (TPSA) is 75.8 Å². The molecule has 0 unspecified atom stereocenters. The predicted octanol–water partition coefficient (Wildman–Crippen LogP) is 2.99. The summed E-state index contributed by atoms with van der Waals surface area (Å²) in [5.41, 5.74) is 6.13. The lowest BCUT2D eigenvalue weighted by atomic mass is 10.2. The van der Waals surface area contributed by atoms with Crippen LogP contribution in [0.5, 0.6) is 0 Å². The molecule has 0 saturated carbocycles. The Balaban J connectivity index is 3.29. The van der Waals surface area contributed by atoms with Gasteiger partial charge in [-0.25, -0.2) is 0 Å². The van der Waals surface area contributed by atoms with Crippen molar-refractivity contribution in [2.45, 2.75) is 26.7 Å². The third kappa shape index (κ3) is 3.95. The number of anilines is 1. The van der Waals surface area contributed by atoms with Crippen LogP contribution in [0.4, 0.5) is 5.69 Å². The van der Waals surface area contributed by atoms with E-state index < -0.39 is 11.8 Å². The number of nitrogens with zero attached hydrogens (tertiary/aromatic N) is 2. The Morgan fingerprint density at radius 1 is 1.20 bits per heavy atom. The SMILES string of the molecule is CCC(CC)=NN(C(=O)C(N)=O)c1ccc(Cl)c(Cl)c1. The summed E-state index contributed by atoms with van der Waals surface area (Å²) in [5, 5.41) is 5.73. The molecule has 0 radical (unpaired) electrons. The third-order valence-electron chi connectivity index (χ3n) is 2.61. The molecule has 1 rings (SSSR count). The summed E-state index contributed by atoms with van der Waals surface area (Å²) in [4.78, 5) is 23.0. The Morgan fingerprint density at radius 2 is 1.80 bits per heavy atom. The van der Waals surface area contributed by atoms with Crippen molar-refractivity contribution in [2.75, 3.05) is 5.01 Å². The number of carbonyl (C=O) groups excluding carboxylic acids is 2. The van der Waals surface area contributed by atoms with Crippen molar-refractivity contribution in [3.63, 3.8) is 0 Å². The molecule has 0 aromatic heterocycles. The summed E-state index contributed by atoms with van der Waals surface area (Å²) < 4.78 is 0. The number of amides is 2. The molecule has 20 heavy (non-hydrogen) atoms. The Bertz CT molecular complexity index is 553. The van der Waals surface area contributed by atoms with E-state index in [0.717, 1.165) is 10.7 Å². The van der Waals surface area contributed by atoms with Gasteiger partial charge in [0.05, 0.1) is 15.7 Å². The molecule has 0 aliphatic carbocycles. The molecule has 0 aliphatic rings. The van der Waals surface area contributed by atoms with E-state index in [-0.39, 0.29) is 5.02 Å². The van der Waals surface area contributed by atoms with Crippen molar-refractivity contribution in [3.05, 3.63) is 28.2 Å². The summed E-state index contributed by atoms with van der Waals surface area (Å²) in [6, 6.07) is 4.52. The van der Waals surface area contributed by atoms with Gasteiger partial charge in [-0.05, 0) is 31.0 Å². The maximum Gasteiger partial charge on any atom is 0.336 e. The first-order chi connectivity index (χ1) is 9.40. The summed E-state index contributed by atoms with van der Waals surface area (Å²) in [6.07, 6.45) is 1.31. The first kappa shape index (κ1) is 16.5. The van der Waals surface area contributed by atoms with Gasteiger partial charge in [-0.15, -0.1) is 0 Å². The van der Waals surface area contributed by atoms with E-state index in [1.807, 2.05) is 13.8 Å². The van der Waals surface area contributed by atoms with Gasteiger partial charge in [-0.3, -0.25) is 9.59 Å². The zero-order chi connectivity index (χ0) is 15.3. The van der Waals surface area contributed by atoms with Crippen LogP contribution in [0.3, 0.4) is 0 Å². The Kier molecular flexibility index (Phi) is 5.98. The molecule has 1 aromatic rings. The van der Waals surface area contributed by atoms with Crippen molar-refractivity contribution < 1.29 is 9.59 Å². The molecule has 0 aliphatic heterocycles. The van der Waals surface area contributed by atoms with Gasteiger partial charge >= 0.3 is 11.8 Å². The fraction of sp³-hybridized carbons (Fsp3) is 0.308. The molecular weight excluding hydrogens is 301 g/mol. The monoisotopic (exact) mass is 315 g/mol. The molecular formula is C13H15Cl2N3O2. The number of hydrazone groups is 1. The van der Waals surface area contributed by atoms with E-state index in [0.29, 0.717) is 23.6 Å². The molecule has 0 saturated heterocycles. The van der Waals surface area contributed by atoms with Crippen LogP contribution in [0.1, 0.15) is 26.7 Å². The first-order valence-electron chi connectivity index (χ1n) is 6.06. The van der Waals surface area contributed by atoms with Crippen LogP contribution in [0.25, 0.3) is 0 Å². The number of primary amides is 1. The lowest BCUT2D eigenvalue weighted by Crippen LogP contribution is -2.37. The van der Waals surface area contributed by atoms with E-state index in [9.17, 15) is 9.59 Å². The normalized spacial score (nSPS) is 10.0.